The fourth-order valence-corrected chi connectivity index (χ4v) is 5.03. The molecule has 3 rings (SSSR count). The first-order valence-corrected chi connectivity index (χ1v) is 12.2. The highest BCUT2D eigenvalue weighted by Crippen LogP contribution is 2.45. The van der Waals surface area contributed by atoms with Crippen molar-refractivity contribution < 1.29 is 28.5 Å². The molecule has 1 N–H and O–H groups in total. The SMILES string of the molecule is CCOC(=O)c1c(-c2ccc(CC)cc2)csc1NC(=O)c1cc(OC)c(OC)c(OC)c1Br. The van der Waals surface area contributed by atoms with Crippen molar-refractivity contribution >= 4 is 44.1 Å². The maximum Gasteiger partial charge on any atom is 0.341 e. The first kappa shape index (κ1) is 25.6. The molecule has 0 atom stereocenters. The van der Waals surface area contributed by atoms with E-state index in [0.717, 1.165) is 12.0 Å². The number of carbonyl (C=O) groups excluding carboxylic acids is 2. The van der Waals surface area contributed by atoms with Crippen LogP contribution < -0.4 is 19.5 Å². The van der Waals surface area contributed by atoms with E-state index < -0.39 is 11.9 Å². The van der Waals surface area contributed by atoms with Crippen molar-refractivity contribution in [3.63, 3.8) is 0 Å². The van der Waals surface area contributed by atoms with Crippen LogP contribution in [0.1, 0.15) is 40.1 Å². The second-order valence-corrected chi connectivity index (χ2v) is 8.76. The van der Waals surface area contributed by atoms with Crippen LogP contribution in [0, 0.1) is 0 Å². The minimum Gasteiger partial charge on any atom is -0.493 e. The normalized spacial score (nSPS) is 10.5. The standard InChI is InChI=1S/C25H26BrNO6S/c1-6-14-8-10-15(11-9-14)17-13-34-24(19(17)25(29)33-7-2)27-23(28)16-12-18(30-3)21(31-4)22(32-5)20(16)26/h8-13H,6-7H2,1-5H3,(H,27,28). The van der Waals surface area contributed by atoms with E-state index in [1.807, 2.05) is 29.6 Å². The molecule has 0 saturated heterocycles. The zero-order valence-corrected chi connectivity index (χ0v) is 22.0. The molecular formula is C25H26BrNO6S. The van der Waals surface area contributed by atoms with Crippen LogP contribution in [-0.4, -0.2) is 39.8 Å². The van der Waals surface area contributed by atoms with Gasteiger partial charge < -0.3 is 24.3 Å². The van der Waals surface area contributed by atoms with Crippen LogP contribution >= 0.6 is 27.3 Å². The van der Waals surface area contributed by atoms with Gasteiger partial charge in [-0.25, -0.2) is 4.79 Å². The molecule has 0 aliphatic heterocycles. The number of anilines is 1. The van der Waals surface area contributed by atoms with E-state index in [9.17, 15) is 9.59 Å². The van der Waals surface area contributed by atoms with E-state index >= 15 is 0 Å². The van der Waals surface area contributed by atoms with Gasteiger partial charge in [0.05, 0.1) is 38.0 Å². The zero-order chi connectivity index (χ0) is 24.8. The number of esters is 1. The quantitative estimate of drug-likeness (QED) is 0.321. The number of thiophene rings is 1. The van der Waals surface area contributed by atoms with Gasteiger partial charge in [0.15, 0.2) is 11.5 Å². The number of methoxy groups -OCH3 is 3. The van der Waals surface area contributed by atoms with E-state index in [2.05, 4.69) is 28.2 Å². The maximum absolute atomic E-state index is 13.3. The molecule has 0 bridgehead atoms. The third kappa shape index (κ3) is 5.05. The van der Waals surface area contributed by atoms with Crippen LogP contribution in [0.4, 0.5) is 5.00 Å². The van der Waals surface area contributed by atoms with Crippen molar-refractivity contribution in [1.82, 2.24) is 0 Å². The number of ether oxygens (including phenoxy) is 4. The van der Waals surface area contributed by atoms with E-state index in [0.29, 0.717) is 37.8 Å². The lowest BCUT2D eigenvalue weighted by atomic mass is 10.0. The molecule has 3 aromatic rings. The first-order valence-electron chi connectivity index (χ1n) is 10.6. The molecule has 0 aliphatic carbocycles. The van der Waals surface area contributed by atoms with Crippen LogP contribution in [0.2, 0.25) is 0 Å². The average Bonchev–Trinajstić information content (AvgIpc) is 3.27. The molecule has 180 valence electrons. The van der Waals surface area contributed by atoms with E-state index in [1.54, 1.807) is 13.0 Å². The Hall–Kier alpha value is -3.04. The molecular weight excluding hydrogens is 522 g/mol. The number of halogens is 1. The maximum atomic E-state index is 13.3. The third-order valence-electron chi connectivity index (χ3n) is 5.18. The molecule has 0 radical (unpaired) electrons. The molecule has 7 nitrogen and oxygen atoms in total. The Kier molecular flexibility index (Phi) is 8.57. The van der Waals surface area contributed by atoms with Gasteiger partial charge in [-0.3, -0.25) is 4.79 Å². The molecule has 1 aromatic heterocycles. The minimum absolute atomic E-state index is 0.217. The van der Waals surface area contributed by atoms with Crippen molar-refractivity contribution in [3.8, 4) is 28.4 Å². The summed E-state index contributed by atoms with van der Waals surface area (Å²) in [4.78, 5) is 26.2. The predicted molar refractivity (Wildman–Crippen MR) is 137 cm³/mol. The summed E-state index contributed by atoms with van der Waals surface area (Å²) in [6.45, 7) is 4.04. The Balaban J connectivity index is 2.05. The van der Waals surface area contributed by atoms with E-state index in [1.165, 1.54) is 38.2 Å². The number of carbonyl (C=O) groups is 2. The van der Waals surface area contributed by atoms with Gasteiger partial charge in [-0.2, -0.15) is 0 Å². The molecule has 2 aromatic carbocycles. The van der Waals surface area contributed by atoms with E-state index in [4.69, 9.17) is 18.9 Å². The Morgan fingerprint density at radius 1 is 1.00 bits per heavy atom. The molecule has 1 heterocycles. The van der Waals surface area contributed by atoms with Crippen LogP contribution in [0.25, 0.3) is 11.1 Å². The van der Waals surface area contributed by atoms with Crippen molar-refractivity contribution in [3.05, 3.63) is 56.9 Å². The molecule has 0 spiro atoms. The Bertz CT molecular complexity index is 1190. The van der Waals surface area contributed by atoms with Gasteiger partial charge in [-0.15, -0.1) is 11.3 Å². The number of hydrogen-bond donors (Lipinski definition) is 1. The van der Waals surface area contributed by atoms with Crippen LogP contribution in [0.15, 0.2) is 40.2 Å². The fourth-order valence-electron chi connectivity index (χ4n) is 3.45. The largest absolute Gasteiger partial charge is 0.493 e. The first-order chi connectivity index (χ1) is 16.4. The summed E-state index contributed by atoms with van der Waals surface area (Å²) in [5.74, 6) is 0.0558. The number of hydrogen-bond acceptors (Lipinski definition) is 7. The van der Waals surface area contributed by atoms with Gasteiger partial charge >= 0.3 is 5.97 Å². The van der Waals surface area contributed by atoms with Gasteiger partial charge in [-0.05, 0) is 46.5 Å². The van der Waals surface area contributed by atoms with Gasteiger partial charge in [-0.1, -0.05) is 31.2 Å². The van der Waals surface area contributed by atoms with Crippen molar-refractivity contribution in [1.29, 1.82) is 0 Å². The smallest absolute Gasteiger partial charge is 0.341 e. The Morgan fingerprint density at radius 2 is 1.68 bits per heavy atom. The number of rotatable bonds is 9. The molecule has 9 heteroatoms. The summed E-state index contributed by atoms with van der Waals surface area (Å²) in [5.41, 5.74) is 3.33. The summed E-state index contributed by atoms with van der Waals surface area (Å²) in [6.07, 6.45) is 0.916. The van der Waals surface area contributed by atoms with Crippen LogP contribution in [0.3, 0.4) is 0 Å². The van der Waals surface area contributed by atoms with Crippen LogP contribution in [-0.2, 0) is 11.2 Å². The third-order valence-corrected chi connectivity index (χ3v) is 6.87. The summed E-state index contributed by atoms with van der Waals surface area (Å²) in [5, 5.41) is 5.08. The monoisotopic (exact) mass is 547 g/mol. The zero-order valence-electron chi connectivity index (χ0n) is 19.6. The van der Waals surface area contributed by atoms with Gasteiger partial charge in [0.25, 0.3) is 5.91 Å². The summed E-state index contributed by atoms with van der Waals surface area (Å²) in [7, 11) is 4.43. The highest BCUT2D eigenvalue weighted by molar-refractivity contribution is 9.10. The van der Waals surface area contributed by atoms with Gasteiger partial charge in [0.2, 0.25) is 5.75 Å². The fraction of sp³-hybridized carbons (Fsp3) is 0.280. The molecule has 34 heavy (non-hydrogen) atoms. The average molecular weight is 548 g/mol. The summed E-state index contributed by atoms with van der Waals surface area (Å²) >= 11 is 4.68. The molecule has 0 aliphatic rings. The lowest BCUT2D eigenvalue weighted by molar-refractivity contribution is 0.0529. The van der Waals surface area contributed by atoms with Gasteiger partial charge in [0.1, 0.15) is 10.6 Å². The Morgan fingerprint density at radius 3 is 2.24 bits per heavy atom. The number of aryl methyl sites for hydroxylation is 1. The molecule has 0 unspecified atom stereocenters. The number of benzene rings is 2. The molecule has 0 saturated carbocycles. The lowest BCUT2D eigenvalue weighted by Gasteiger charge is -2.16. The van der Waals surface area contributed by atoms with Crippen molar-refractivity contribution in [2.24, 2.45) is 0 Å². The molecule has 1 amide bonds. The summed E-state index contributed by atoms with van der Waals surface area (Å²) < 4.78 is 21.9. The Labute approximate surface area is 211 Å². The summed E-state index contributed by atoms with van der Waals surface area (Å²) in [6, 6.07) is 9.51. The highest BCUT2D eigenvalue weighted by Gasteiger charge is 2.26. The highest BCUT2D eigenvalue weighted by atomic mass is 79.9. The minimum atomic E-state index is -0.502. The topological polar surface area (TPSA) is 83.1 Å². The predicted octanol–water partition coefficient (Wildman–Crippen LogP) is 6.19. The molecule has 0 fully saturated rings. The van der Waals surface area contributed by atoms with Gasteiger partial charge in [0, 0.05) is 10.9 Å². The van der Waals surface area contributed by atoms with E-state index in [-0.39, 0.29) is 12.2 Å². The number of amides is 1. The second kappa shape index (κ2) is 11.4. The second-order valence-electron chi connectivity index (χ2n) is 7.09. The lowest BCUT2D eigenvalue weighted by Crippen LogP contribution is -2.16. The van der Waals surface area contributed by atoms with Crippen molar-refractivity contribution in [2.75, 3.05) is 33.3 Å². The van der Waals surface area contributed by atoms with Crippen molar-refractivity contribution in [2.45, 2.75) is 20.3 Å². The van der Waals surface area contributed by atoms with Crippen LogP contribution in [0.5, 0.6) is 17.2 Å². The number of nitrogens with one attached hydrogen (secondary N) is 1.